The number of benzene rings is 1. The summed E-state index contributed by atoms with van der Waals surface area (Å²) in [6.45, 7) is -1.47. The molecule has 0 amide bonds. The van der Waals surface area contributed by atoms with Crippen molar-refractivity contribution in [3.8, 4) is 11.8 Å². The van der Waals surface area contributed by atoms with Crippen LogP contribution in [-0.2, 0) is 6.42 Å². The number of carboxylic acid groups (broad SMARTS) is 1. The summed E-state index contributed by atoms with van der Waals surface area (Å²) in [6.07, 6.45) is 0.241. The lowest BCUT2D eigenvalue weighted by Crippen LogP contribution is -2.11. The highest BCUT2D eigenvalue weighted by Crippen LogP contribution is 2.27. The molecule has 0 aromatic heterocycles. The Morgan fingerprint density at radius 3 is 2.65 bits per heavy atom. The average Bonchev–Trinajstić information content (AvgIpc) is 2.26. The van der Waals surface area contributed by atoms with Crippen LogP contribution >= 0.6 is 0 Å². The Morgan fingerprint density at radius 2 is 2.24 bits per heavy atom. The van der Waals surface area contributed by atoms with Crippen LogP contribution in [0.4, 0.5) is 8.78 Å². The lowest BCUT2D eigenvalue weighted by molar-refractivity contribution is -0.0503. The summed E-state index contributed by atoms with van der Waals surface area (Å²) in [7, 11) is 0. The van der Waals surface area contributed by atoms with Crippen molar-refractivity contribution in [3.05, 3.63) is 28.8 Å². The maximum Gasteiger partial charge on any atom is 0.387 e. The van der Waals surface area contributed by atoms with Gasteiger partial charge < -0.3 is 9.84 Å². The van der Waals surface area contributed by atoms with Crippen LogP contribution in [0.25, 0.3) is 0 Å². The molecule has 1 aromatic carbocycles. The van der Waals surface area contributed by atoms with E-state index in [1.807, 2.05) is 6.07 Å². The molecule has 0 saturated heterocycles. The SMILES string of the molecule is CCc1c(C#N)ccc(OC(F)F)c1C(=O)O. The smallest absolute Gasteiger partial charge is 0.387 e. The van der Waals surface area contributed by atoms with E-state index in [0.717, 1.165) is 6.07 Å². The maximum atomic E-state index is 12.1. The van der Waals surface area contributed by atoms with Crippen LogP contribution in [0.5, 0.6) is 5.75 Å². The normalized spacial score (nSPS) is 10.1. The predicted octanol–water partition coefficient (Wildman–Crippen LogP) is 2.42. The van der Waals surface area contributed by atoms with Gasteiger partial charge >= 0.3 is 12.6 Å². The van der Waals surface area contributed by atoms with E-state index in [1.165, 1.54) is 6.07 Å². The molecule has 0 bridgehead atoms. The first-order valence-corrected chi connectivity index (χ1v) is 4.75. The molecule has 0 radical (unpaired) electrons. The highest BCUT2D eigenvalue weighted by Gasteiger charge is 2.21. The van der Waals surface area contributed by atoms with Crippen molar-refractivity contribution in [1.82, 2.24) is 0 Å². The van der Waals surface area contributed by atoms with Crippen LogP contribution in [0.15, 0.2) is 12.1 Å². The Kier molecular flexibility index (Phi) is 3.99. The summed E-state index contributed by atoms with van der Waals surface area (Å²) in [5, 5.41) is 17.8. The number of hydrogen-bond donors (Lipinski definition) is 1. The number of halogens is 2. The molecule has 17 heavy (non-hydrogen) atoms. The molecule has 0 fully saturated rings. The van der Waals surface area contributed by atoms with Crippen molar-refractivity contribution in [1.29, 1.82) is 5.26 Å². The molecule has 0 spiro atoms. The first-order chi connectivity index (χ1) is 8.01. The van der Waals surface area contributed by atoms with Gasteiger partial charge in [-0.15, -0.1) is 0 Å². The average molecular weight is 241 g/mol. The molecule has 6 heteroatoms. The number of aromatic carboxylic acids is 1. The zero-order chi connectivity index (χ0) is 13.0. The fourth-order valence-electron chi connectivity index (χ4n) is 1.53. The van der Waals surface area contributed by atoms with Gasteiger partial charge in [-0.2, -0.15) is 14.0 Å². The highest BCUT2D eigenvalue weighted by atomic mass is 19.3. The Labute approximate surface area is 96.0 Å². The van der Waals surface area contributed by atoms with E-state index in [2.05, 4.69) is 4.74 Å². The van der Waals surface area contributed by atoms with Crippen molar-refractivity contribution < 1.29 is 23.4 Å². The molecule has 0 aliphatic carbocycles. The van der Waals surface area contributed by atoms with Gasteiger partial charge in [0.05, 0.1) is 11.6 Å². The molecule has 0 aliphatic heterocycles. The highest BCUT2D eigenvalue weighted by molar-refractivity contribution is 5.93. The zero-order valence-corrected chi connectivity index (χ0v) is 8.91. The molecule has 0 heterocycles. The summed E-state index contributed by atoms with van der Waals surface area (Å²) >= 11 is 0. The summed E-state index contributed by atoms with van der Waals surface area (Å²) in [5.41, 5.74) is -0.0449. The van der Waals surface area contributed by atoms with Gasteiger partial charge in [-0.3, -0.25) is 0 Å². The Balaban J connectivity index is 3.43. The number of nitriles is 1. The lowest BCUT2D eigenvalue weighted by atomic mass is 9.98. The number of carbonyl (C=O) groups is 1. The molecular formula is C11H9F2NO3. The largest absolute Gasteiger partial charge is 0.478 e. The molecule has 1 aromatic rings. The summed E-state index contributed by atoms with van der Waals surface area (Å²) in [6, 6.07) is 4.15. The Bertz CT molecular complexity index is 480. The summed E-state index contributed by atoms with van der Waals surface area (Å²) < 4.78 is 28.3. The van der Waals surface area contributed by atoms with Crippen LogP contribution in [0, 0.1) is 11.3 Å². The van der Waals surface area contributed by atoms with Gasteiger partial charge in [0, 0.05) is 0 Å². The molecule has 0 saturated carbocycles. The lowest BCUT2D eigenvalue weighted by Gasteiger charge is -2.12. The first-order valence-electron chi connectivity index (χ1n) is 4.75. The molecule has 1 N–H and O–H groups in total. The van der Waals surface area contributed by atoms with Gasteiger partial charge in [-0.25, -0.2) is 4.79 Å². The predicted molar refractivity (Wildman–Crippen MR) is 54.1 cm³/mol. The molecule has 4 nitrogen and oxygen atoms in total. The minimum absolute atomic E-state index is 0.145. The second-order valence-corrected chi connectivity index (χ2v) is 3.11. The van der Waals surface area contributed by atoms with Crippen LogP contribution in [-0.4, -0.2) is 17.7 Å². The van der Waals surface area contributed by atoms with E-state index in [9.17, 15) is 13.6 Å². The van der Waals surface area contributed by atoms with E-state index in [1.54, 1.807) is 6.92 Å². The minimum atomic E-state index is -3.11. The number of hydrogen-bond acceptors (Lipinski definition) is 3. The van der Waals surface area contributed by atoms with E-state index in [4.69, 9.17) is 10.4 Å². The van der Waals surface area contributed by atoms with E-state index < -0.39 is 18.3 Å². The molecule has 0 atom stereocenters. The number of alkyl halides is 2. The molecule has 0 unspecified atom stereocenters. The van der Waals surface area contributed by atoms with E-state index in [0.29, 0.717) is 0 Å². The topological polar surface area (TPSA) is 70.3 Å². The van der Waals surface area contributed by atoms with Crippen molar-refractivity contribution in [2.45, 2.75) is 20.0 Å². The number of carboxylic acids is 1. The van der Waals surface area contributed by atoms with E-state index >= 15 is 0 Å². The molecular weight excluding hydrogens is 232 g/mol. The summed E-state index contributed by atoms with van der Waals surface area (Å²) in [4.78, 5) is 11.0. The third-order valence-corrected chi connectivity index (χ3v) is 2.18. The van der Waals surface area contributed by atoms with Crippen LogP contribution in [0.3, 0.4) is 0 Å². The molecule has 90 valence electrons. The summed E-state index contributed by atoms with van der Waals surface area (Å²) in [5.74, 6) is -1.82. The number of rotatable bonds is 4. The first kappa shape index (κ1) is 12.9. The van der Waals surface area contributed by atoms with Gasteiger partial charge in [0.1, 0.15) is 11.3 Å². The third-order valence-electron chi connectivity index (χ3n) is 2.18. The van der Waals surface area contributed by atoms with Crippen LogP contribution in [0.1, 0.15) is 28.4 Å². The second-order valence-electron chi connectivity index (χ2n) is 3.11. The zero-order valence-electron chi connectivity index (χ0n) is 8.91. The maximum absolute atomic E-state index is 12.1. The minimum Gasteiger partial charge on any atom is -0.478 e. The van der Waals surface area contributed by atoms with Crippen LogP contribution in [0.2, 0.25) is 0 Å². The van der Waals surface area contributed by atoms with Crippen molar-refractivity contribution in [2.24, 2.45) is 0 Å². The van der Waals surface area contributed by atoms with Gasteiger partial charge in [-0.05, 0) is 24.1 Å². The Hall–Kier alpha value is -2.16. The fourth-order valence-corrected chi connectivity index (χ4v) is 1.53. The molecule has 1 rings (SSSR count). The third kappa shape index (κ3) is 2.69. The Morgan fingerprint density at radius 1 is 1.59 bits per heavy atom. The van der Waals surface area contributed by atoms with Crippen LogP contribution < -0.4 is 4.74 Å². The van der Waals surface area contributed by atoms with Crippen molar-refractivity contribution in [3.63, 3.8) is 0 Å². The number of nitrogens with zero attached hydrogens (tertiary/aromatic N) is 1. The van der Waals surface area contributed by atoms with E-state index in [-0.39, 0.29) is 23.1 Å². The van der Waals surface area contributed by atoms with Gasteiger partial charge in [-0.1, -0.05) is 6.92 Å². The van der Waals surface area contributed by atoms with Gasteiger partial charge in [0.15, 0.2) is 0 Å². The fraction of sp³-hybridized carbons (Fsp3) is 0.273. The van der Waals surface area contributed by atoms with Crippen molar-refractivity contribution >= 4 is 5.97 Å². The quantitative estimate of drug-likeness (QED) is 0.878. The monoisotopic (exact) mass is 241 g/mol. The second kappa shape index (κ2) is 5.25. The van der Waals surface area contributed by atoms with Gasteiger partial charge in [0.25, 0.3) is 0 Å². The standard InChI is InChI=1S/C11H9F2NO3/c1-2-7-6(5-14)3-4-8(17-11(12)13)9(7)10(15)16/h3-4,11H,2H2,1H3,(H,15,16). The van der Waals surface area contributed by atoms with Gasteiger partial charge in [0.2, 0.25) is 0 Å². The van der Waals surface area contributed by atoms with Crippen molar-refractivity contribution in [2.75, 3.05) is 0 Å². The number of ether oxygens (including phenoxy) is 1. The molecule has 0 aliphatic rings.